The molecule has 0 fully saturated rings. The highest BCUT2D eigenvalue weighted by atomic mass is 35.5. The number of anilines is 1. The van der Waals surface area contributed by atoms with Crippen LogP contribution >= 0.6 is 35.0 Å². The second-order valence-corrected chi connectivity index (χ2v) is 10.1. The van der Waals surface area contributed by atoms with Crippen molar-refractivity contribution in [2.24, 2.45) is 0 Å². The number of thioether (sulfide) groups is 1. The molecule has 29 heavy (non-hydrogen) atoms. The molecule has 0 aliphatic rings. The topological polar surface area (TPSA) is 66.5 Å². The van der Waals surface area contributed by atoms with Gasteiger partial charge in [0.2, 0.25) is 15.9 Å². The fourth-order valence-electron chi connectivity index (χ4n) is 2.84. The smallest absolute Gasteiger partial charge is 0.243 e. The summed E-state index contributed by atoms with van der Waals surface area (Å²) in [7, 11) is -3.62. The van der Waals surface area contributed by atoms with Crippen molar-refractivity contribution < 1.29 is 13.2 Å². The van der Waals surface area contributed by atoms with Gasteiger partial charge in [0.05, 0.1) is 11.9 Å². The molecule has 0 unspecified atom stereocenters. The van der Waals surface area contributed by atoms with Crippen LogP contribution in [0.25, 0.3) is 0 Å². The van der Waals surface area contributed by atoms with E-state index in [0.29, 0.717) is 40.2 Å². The van der Waals surface area contributed by atoms with E-state index < -0.39 is 16.1 Å². The Morgan fingerprint density at radius 3 is 2.28 bits per heavy atom. The minimum absolute atomic E-state index is 0.321. The molecule has 0 heterocycles. The number of para-hydroxylation sites is 1. The Hall–Kier alpha value is -1.41. The lowest BCUT2D eigenvalue weighted by atomic mass is 10.2. The molecule has 0 spiro atoms. The molecule has 0 aromatic heterocycles. The number of halogens is 2. The first-order valence-corrected chi connectivity index (χ1v) is 12.8. The summed E-state index contributed by atoms with van der Waals surface area (Å²) in [6.45, 7) is 2.20. The predicted molar refractivity (Wildman–Crippen MR) is 123 cm³/mol. The highest BCUT2D eigenvalue weighted by Crippen LogP contribution is 2.28. The van der Waals surface area contributed by atoms with E-state index in [1.54, 1.807) is 67.2 Å². The van der Waals surface area contributed by atoms with E-state index in [1.807, 2.05) is 0 Å². The van der Waals surface area contributed by atoms with Crippen molar-refractivity contribution in [3.8, 4) is 0 Å². The van der Waals surface area contributed by atoms with Crippen LogP contribution in [0.5, 0.6) is 0 Å². The second-order valence-electron chi connectivity index (χ2n) is 6.36. The summed E-state index contributed by atoms with van der Waals surface area (Å²) >= 11 is 13.9. The van der Waals surface area contributed by atoms with Gasteiger partial charge in [0.1, 0.15) is 6.04 Å². The highest BCUT2D eigenvalue weighted by Gasteiger charge is 2.31. The van der Waals surface area contributed by atoms with Gasteiger partial charge in [-0.15, -0.1) is 0 Å². The number of carbonyl (C=O) groups excluding carboxylic acids is 1. The molecule has 0 aliphatic carbocycles. The monoisotopic (exact) mass is 474 g/mol. The average molecular weight is 475 g/mol. The summed E-state index contributed by atoms with van der Waals surface area (Å²) in [5.41, 5.74) is 1.34. The average Bonchev–Trinajstić information content (AvgIpc) is 2.67. The zero-order valence-corrected chi connectivity index (χ0v) is 19.4. The van der Waals surface area contributed by atoms with Crippen molar-refractivity contribution >= 4 is 56.6 Å². The van der Waals surface area contributed by atoms with Gasteiger partial charge < -0.3 is 5.32 Å². The molecule has 0 saturated carbocycles. The molecular weight excluding hydrogens is 451 g/mol. The van der Waals surface area contributed by atoms with E-state index in [2.05, 4.69) is 5.32 Å². The van der Waals surface area contributed by atoms with E-state index in [1.165, 1.54) is 4.31 Å². The van der Waals surface area contributed by atoms with Crippen molar-refractivity contribution in [2.45, 2.75) is 25.1 Å². The molecule has 1 N–H and O–H groups in total. The SMILES string of the molecule is CC[C@@H](C(=O)NCCSCc1c(Cl)cccc1Cl)N(c1ccccc1)S(C)(=O)=O. The molecule has 5 nitrogen and oxygen atoms in total. The maximum absolute atomic E-state index is 12.7. The van der Waals surface area contributed by atoms with E-state index >= 15 is 0 Å². The molecule has 0 radical (unpaired) electrons. The molecular formula is C20H24Cl2N2O3S2. The fourth-order valence-corrected chi connectivity index (χ4v) is 5.65. The number of nitrogens with one attached hydrogen (secondary N) is 1. The van der Waals surface area contributed by atoms with Crippen LogP contribution in [0.2, 0.25) is 10.0 Å². The molecule has 2 aromatic rings. The third-order valence-electron chi connectivity index (χ3n) is 4.19. The number of nitrogens with zero attached hydrogens (tertiary/aromatic N) is 1. The Labute approximate surface area is 186 Å². The van der Waals surface area contributed by atoms with Gasteiger partial charge in [0, 0.05) is 28.1 Å². The zero-order chi connectivity index (χ0) is 21.4. The first-order valence-electron chi connectivity index (χ1n) is 9.08. The van der Waals surface area contributed by atoms with E-state index in [9.17, 15) is 13.2 Å². The van der Waals surface area contributed by atoms with Gasteiger partial charge in [-0.05, 0) is 36.2 Å². The second kappa shape index (κ2) is 11.1. The van der Waals surface area contributed by atoms with Crippen LogP contribution in [-0.4, -0.2) is 38.9 Å². The van der Waals surface area contributed by atoms with Gasteiger partial charge in [-0.3, -0.25) is 9.10 Å². The number of rotatable bonds is 10. The number of hydrogen-bond acceptors (Lipinski definition) is 4. The molecule has 0 bridgehead atoms. The van der Waals surface area contributed by atoms with E-state index in [0.717, 1.165) is 11.8 Å². The predicted octanol–water partition coefficient (Wildman–Crippen LogP) is 4.59. The maximum atomic E-state index is 12.7. The number of hydrogen-bond donors (Lipinski definition) is 1. The Kier molecular flexibility index (Phi) is 9.14. The lowest BCUT2D eigenvalue weighted by Crippen LogP contribution is -2.49. The van der Waals surface area contributed by atoms with Gasteiger partial charge in [-0.2, -0.15) is 11.8 Å². The number of sulfonamides is 1. The molecule has 1 amide bonds. The van der Waals surface area contributed by atoms with Gasteiger partial charge in [-0.25, -0.2) is 8.42 Å². The normalized spacial score (nSPS) is 12.4. The van der Waals surface area contributed by atoms with Gasteiger partial charge in [-0.1, -0.05) is 54.4 Å². The van der Waals surface area contributed by atoms with Crippen LogP contribution in [0.15, 0.2) is 48.5 Å². The summed E-state index contributed by atoms with van der Waals surface area (Å²) in [6, 6.07) is 13.2. The van der Waals surface area contributed by atoms with Crippen LogP contribution in [0.4, 0.5) is 5.69 Å². The van der Waals surface area contributed by atoms with Gasteiger partial charge in [0.25, 0.3) is 0 Å². The van der Waals surface area contributed by atoms with Gasteiger partial charge >= 0.3 is 0 Å². The fraction of sp³-hybridized carbons (Fsp3) is 0.350. The molecule has 1 atom stereocenters. The maximum Gasteiger partial charge on any atom is 0.243 e. The largest absolute Gasteiger partial charge is 0.353 e. The Morgan fingerprint density at radius 1 is 1.10 bits per heavy atom. The van der Waals surface area contributed by atoms with Crippen molar-refractivity contribution in [2.75, 3.05) is 22.9 Å². The van der Waals surface area contributed by atoms with Crippen LogP contribution in [0.3, 0.4) is 0 Å². The third kappa shape index (κ3) is 6.81. The molecule has 2 rings (SSSR count). The zero-order valence-electron chi connectivity index (χ0n) is 16.3. The van der Waals surface area contributed by atoms with Crippen LogP contribution < -0.4 is 9.62 Å². The Bertz CT molecular complexity index is 904. The van der Waals surface area contributed by atoms with Crippen LogP contribution in [-0.2, 0) is 20.6 Å². The van der Waals surface area contributed by atoms with E-state index in [4.69, 9.17) is 23.2 Å². The van der Waals surface area contributed by atoms with Crippen molar-refractivity contribution in [3.63, 3.8) is 0 Å². The minimum atomic E-state index is -3.62. The summed E-state index contributed by atoms with van der Waals surface area (Å²) in [5, 5.41) is 4.07. The lowest BCUT2D eigenvalue weighted by molar-refractivity contribution is -0.122. The standard InChI is InChI=1S/C20H24Cl2N2O3S2/c1-3-19(24(29(2,26)27)15-8-5-4-6-9-15)20(25)23-12-13-28-14-16-17(21)10-7-11-18(16)22/h4-11,19H,3,12-14H2,1-2H3,(H,23,25)/t19-/m0/s1. The van der Waals surface area contributed by atoms with Crippen molar-refractivity contribution in [1.82, 2.24) is 5.32 Å². The summed E-state index contributed by atoms with van der Waals surface area (Å²) in [6.07, 6.45) is 1.47. The first kappa shape index (κ1) is 23.9. The number of carbonyl (C=O) groups is 1. The quantitative estimate of drug-likeness (QED) is 0.511. The molecule has 2 aromatic carbocycles. The molecule has 0 aliphatic heterocycles. The van der Waals surface area contributed by atoms with Crippen LogP contribution in [0.1, 0.15) is 18.9 Å². The highest BCUT2D eigenvalue weighted by molar-refractivity contribution is 7.98. The Morgan fingerprint density at radius 2 is 1.72 bits per heavy atom. The van der Waals surface area contributed by atoms with Crippen LogP contribution in [0, 0.1) is 0 Å². The van der Waals surface area contributed by atoms with Crippen molar-refractivity contribution in [3.05, 3.63) is 64.1 Å². The summed E-state index contributed by atoms with van der Waals surface area (Å²) < 4.78 is 25.9. The molecule has 0 saturated heterocycles. The van der Waals surface area contributed by atoms with Crippen molar-refractivity contribution in [1.29, 1.82) is 0 Å². The lowest BCUT2D eigenvalue weighted by Gasteiger charge is -2.30. The Balaban J connectivity index is 1.95. The molecule has 158 valence electrons. The number of amides is 1. The van der Waals surface area contributed by atoms with E-state index in [-0.39, 0.29) is 5.91 Å². The summed E-state index contributed by atoms with van der Waals surface area (Å²) in [4.78, 5) is 12.7. The molecule has 9 heteroatoms. The first-order chi connectivity index (χ1) is 13.8. The summed E-state index contributed by atoms with van der Waals surface area (Å²) in [5.74, 6) is 0.956. The third-order valence-corrected chi connectivity index (χ3v) is 7.07. The minimum Gasteiger partial charge on any atom is -0.353 e. The van der Waals surface area contributed by atoms with Gasteiger partial charge in [0.15, 0.2) is 0 Å². The number of benzene rings is 2.